The van der Waals surface area contributed by atoms with Gasteiger partial charge in [0.15, 0.2) is 5.76 Å². The number of ketones is 1. The summed E-state index contributed by atoms with van der Waals surface area (Å²) >= 11 is 3.33. The zero-order valence-electron chi connectivity index (χ0n) is 9.74. The molecule has 0 aliphatic rings. The summed E-state index contributed by atoms with van der Waals surface area (Å²) in [5.41, 5.74) is 0.532. The van der Waals surface area contributed by atoms with E-state index in [1.165, 1.54) is 0 Å². The van der Waals surface area contributed by atoms with Crippen molar-refractivity contribution in [3.8, 4) is 0 Å². The highest BCUT2D eigenvalue weighted by Crippen LogP contribution is 2.21. The number of hydrogen-bond acceptors (Lipinski definition) is 3. The molecule has 0 aromatic carbocycles. The van der Waals surface area contributed by atoms with E-state index < -0.39 is 0 Å². The summed E-state index contributed by atoms with van der Waals surface area (Å²) in [6.45, 7) is 4.57. The maximum Gasteiger partial charge on any atom is 0.247 e. The van der Waals surface area contributed by atoms with Crippen LogP contribution in [-0.4, -0.2) is 15.6 Å². The molecule has 0 radical (unpaired) electrons. The molecule has 2 aromatic rings. The molecular formula is C12H13BrN2O2. The summed E-state index contributed by atoms with van der Waals surface area (Å²) in [6, 6.07) is 3.54. The van der Waals surface area contributed by atoms with E-state index in [9.17, 15) is 4.79 Å². The molecule has 0 unspecified atom stereocenters. The van der Waals surface area contributed by atoms with Crippen molar-refractivity contribution >= 4 is 21.7 Å². The number of hydrogen-bond donors (Lipinski definition) is 0. The van der Waals surface area contributed by atoms with E-state index in [4.69, 9.17) is 4.42 Å². The van der Waals surface area contributed by atoms with Crippen LogP contribution in [0.1, 0.15) is 35.9 Å². The van der Waals surface area contributed by atoms with Crippen LogP contribution in [-0.2, 0) is 13.0 Å². The minimum atomic E-state index is -0.143. The van der Waals surface area contributed by atoms with E-state index in [0.29, 0.717) is 22.5 Å². The zero-order chi connectivity index (χ0) is 12.4. The predicted molar refractivity (Wildman–Crippen MR) is 67.1 cm³/mol. The molecule has 2 heterocycles. The third-order valence-electron chi connectivity index (χ3n) is 2.54. The molecule has 0 spiro atoms. The Hall–Kier alpha value is -1.36. The van der Waals surface area contributed by atoms with Gasteiger partial charge in [0.05, 0.1) is 10.7 Å². The maximum atomic E-state index is 12.3. The van der Waals surface area contributed by atoms with E-state index >= 15 is 0 Å². The Balaban J connectivity index is 2.39. The first-order chi connectivity index (χ1) is 8.17. The fourth-order valence-corrected chi connectivity index (χ4v) is 2.11. The Morgan fingerprint density at radius 2 is 2.24 bits per heavy atom. The average molecular weight is 297 g/mol. The number of rotatable bonds is 4. The van der Waals surface area contributed by atoms with Crippen LogP contribution in [0.3, 0.4) is 0 Å². The molecule has 17 heavy (non-hydrogen) atoms. The van der Waals surface area contributed by atoms with E-state index in [2.05, 4.69) is 21.0 Å². The van der Waals surface area contributed by atoms with E-state index in [0.717, 1.165) is 12.2 Å². The molecule has 0 aliphatic carbocycles. The third kappa shape index (κ3) is 2.20. The van der Waals surface area contributed by atoms with E-state index in [-0.39, 0.29) is 5.78 Å². The predicted octanol–water partition coefficient (Wildman–Crippen LogP) is 3.05. The van der Waals surface area contributed by atoms with Crippen molar-refractivity contribution in [1.29, 1.82) is 0 Å². The van der Waals surface area contributed by atoms with Crippen molar-refractivity contribution < 1.29 is 9.21 Å². The Bertz CT molecular complexity index is 542. The lowest BCUT2D eigenvalue weighted by molar-refractivity contribution is 0.0996. The van der Waals surface area contributed by atoms with Gasteiger partial charge in [-0.3, -0.25) is 9.48 Å². The second-order valence-corrected chi connectivity index (χ2v) is 4.46. The molecule has 0 bridgehead atoms. The monoisotopic (exact) mass is 296 g/mol. The number of carbonyl (C=O) groups excluding carboxylic acids is 1. The van der Waals surface area contributed by atoms with Gasteiger partial charge < -0.3 is 4.42 Å². The maximum absolute atomic E-state index is 12.3. The molecule has 2 aromatic heterocycles. The quantitative estimate of drug-likeness (QED) is 0.815. The second-order valence-electron chi connectivity index (χ2n) is 3.61. The minimum Gasteiger partial charge on any atom is -0.458 e. The van der Waals surface area contributed by atoms with Crippen molar-refractivity contribution in [3.05, 3.63) is 40.0 Å². The topological polar surface area (TPSA) is 48.0 Å². The highest BCUT2D eigenvalue weighted by molar-refractivity contribution is 9.10. The van der Waals surface area contributed by atoms with Crippen molar-refractivity contribution in [1.82, 2.24) is 9.78 Å². The van der Waals surface area contributed by atoms with Gasteiger partial charge in [-0.15, -0.1) is 0 Å². The number of furan rings is 1. The smallest absolute Gasteiger partial charge is 0.247 e. The summed E-state index contributed by atoms with van der Waals surface area (Å²) in [4.78, 5) is 12.3. The van der Waals surface area contributed by atoms with Crippen molar-refractivity contribution in [3.63, 3.8) is 0 Å². The fourth-order valence-electron chi connectivity index (χ4n) is 1.63. The van der Waals surface area contributed by atoms with Gasteiger partial charge in [-0.05, 0) is 35.0 Å². The number of aromatic nitrogens is 2. The molecular weight excluding hydrogens is 284 g/mol. The minimum absolute atomic E-state index is 0.143. The Kier molecular flexibility index (Phi) is 3.47. The van der Waals surface area contributed by atoms with Crippen LogP contribution < -0.4 is 0 Å². The normalized spacial score (nSPS) is 10.8. The van der Waals surface area contributed by atoms with Crippen LogP contribution in [0.15, 0.2) is 27.2 Å². The Morgan fingerprint density at radius 3 is 2.82 bits per heavy atom. The Morgan fingerprint density at radius 1 is 1.47 bits per heavy atom. The number of aryl methyl sites for hydroxylation is 2. The number of carbonyl (C=O) groups is 1. The molecule has 0 saturated heterocycles. The summed E-state index contributed by atoms with van der Waals surface area (Å²) in [7, 11) is 0. The summed E-state index contributed by atoms with van der Waals surface area (Å²) in [6.07, 6.45) is 2.40. The highest BCUT2D eigenvalue weighted by Gasteiger charge is 2.20. The molecule has 0 fully saturated rings. The van der Waals surface area contributed by atoms with Gasteiger partial charge in [-0.25, -0.2) is 0 Å². The first kappa shape index (κ1) is 12.1. The molecule has 0 aliphatic heterocycles. The molecule has 4 nitrogen and oxygen atoms in total. The van der Waals surface area contributed by atoms with Crippen molar-refractivity contribution in [2.24, 2.45) is 0 Å². The Labute approximate surface area is 108 Å². The van der Waals surface area contributed by atoms with Crippen LogP contribution >= 0.6 is 15.9 Å². The summed E-state index contributed by atoms with van der Waals surface area (Å²) in [5, 5.41) is 4.12. The van der Waals surface area contributed by atoms with Crippen LogP contribution in [0, 0.1) is 0 Å². The lowest BCUT2D eigenvalue weighted by atomic mass is 10.2. The van der Waals surface area contributed by atoms with Crippen LogP contribution in [0.5, 0.6) is 0 Å². The zero-order valence-corrected chi connectivity index (χ0v) is 11.3. The second kappa shape index (κ2) is 4.87. The third-order valence-corrected chi connectivity index (χ3v) is 3.12. The van der Waals surface area contributed by atoms with Crippen molar-refractivity contribution in [2.75, 3.05) is 0 Å². The lowest BCUT2D eigenvalue weighted by Gasteiger charge is -2.02. The molecule has 0 saturated carbocycles. The van der Waals surface area contributed by atoms with Gasteiger partial charge in [-0.2, -0.15) is 5.10 Å². The molecule has 5 heteroatoms. The number of nitrogens with zero attached hydrogens (tertiary/aromatic N) is 2. The lowest BCUT2D eigenvalue weighted by Crippen LogP contribution is -2.10. The average Bonchev–Trinajstić information content (AvgIpc) is 2.94. The van der Waals surface area contributed by atoms with Gasteiger partial charge >= 0.3 is 0 Å². The highest BCUT2D eigenvalue weighted by atomic mass is 79.9. The van der Waals surface area contributed by atoms with Crippen LogP contribution in [0.2, 0.25) is 0 Å². The first-order valence-electron chi connectivity index (χ1n) is 5.52. The molecule has 0 N–H and O–H groups in total. The van der Waals surface area contributed by atoms with Gasteiger partial charge in [0.2, 0.25) is 5.78 Å². The van der Waals surface area contributed by atoms with Crippen LogP contribution in [0.25, 0.3) is 0 Å². The largest absolute Gasteiger partial charge is 0.458 e. The summed E-state index contributed by atoms with van der Waals surface area (Å²) in [5.74, 6) is 1.03. The van der Waals surface area contributed by atoms with E-state index in [1.807, 2.05) is 19.9 Å². The van der Waals surface area contributed by atoms with Gasteiger partial charge in [-0.1, -0.05) is 6.92 Å². The first-order valence-corrected chi connectivity index (χ1v) is 6.31. The summed E-state index contributed by atoms with van der Waals surface area (Å²) < 4.78 is 7.81. The van der Waals surface area contributed by atoms with Crippen molar-refractivity contribution in [2.45, 2.75) is 26.8 Å². The molecule has 0 atom stereocenters. The molecule has 0 amide bonds. The van der Waals surface area contributed by atoms with Crippen LogP contribution in [0.4, 0.5) is 0 Å². The van der Waals surface area contributed by atoms with E-state index in [1.54, 1.807) is 16.9 Å². The molecule has 2 rings (SSSR count). The SMILES string of the molecule is CCc1ccc(C(=O)c2c(Br)cnn2CC)o1. The fraction of sp³-hybridized carbons (Fsp3) is 0.333. The molecule has 90 valence electrons. The van der Waals surface area contributed by atoms with Gasteiger partial charge in [0.1, 0.15) is 11.5 Å². The van der Waals surface area contributed by atoms with Gasteiger partial charge in [0, 0.05) is 13.0 Å². The standard InChI is InChI=1S/C12H13BrN2O2/c1-3-8-5-6-10(17-8)12(16)11-9(13)7-14-15(11)4-2/h5-7H,3-4H2,1-2H3. The number of halogens is 1. The van der Waals surface area contributed by atoms with Gasteiger partial charge in [0.25, 0.3) is 0 Å².